The van der Waals surface area contributed by atoms with Crippen LogP contribution in [0.5, 0.6) is 0 Å². The number of piperidine rings is 1. The van der Waals surface area contributed by atoms with E-state index in [1.54, 1.807) is 6.20 Å². The van der Waals surface area contributed by atoms with E-state index < -0.39 is 5.54 Å². The number of nitrogens with one attached hydrogen (secondary N) is 2. The van der Waals surface area contributed by atoms with Crippen LogP contribution in [0.2, 0.25) is 0 Å². The van der Waals surface area contributed by atoms with Gasteiger partial charge in [0.05, 0.1) is 6.04 Å². The SMILES string of the molecule is CC(NC(=O)C1(n2cccn2)CCNCC1)c1ccc(-c2ccccc2)cc1.Cl. The molecule has 1 aromatic heterocycles. The Kier molecular flexibility index (Phi) is 6.72. The number of hydrogen-bond acceptors (Lipinski definition) is 3. The van der Waals surface area contributed by atoms with Gasteiger partial charge in [0.2, 0.25) is 5.91 Å². The molecule has 6 heteroatoms. The van der Waals surface area contributed by atoms with Crippen molar-refractivity contribution in [1.82, 2.24) is 20.4 Å². The quantitative estimate of drug-likeness (QED) is 0.670. The van der Waals surface area contributed by atoms with E-state index in [-0.39, 0.29) is 24.4 Å². The number of amides is 1. The Balaban J connectivity index is 0.00000240. The highest BCUT2D eigenvalue weighted by molar-refractivity contribution is 5.85. The summed E-state index contributed by atoms with van der Waals surface area (Å²) in [5.41, 5.74) is 2.84. The van der Waals surface area contributed by atoms with Crippen molar-refractivity contribution < 1.29 is 4.79 Å². The molecule has 1 amide bonds. The van der Waals surface area contributed by atoms with Gasteiger partial charge in [-0.2, -0.15) is 5.10 Å². The third kappa shape index (κ3) is 4.36. The molecule has 152 valence electrons. The van der Waals surface area contributed by atoms with Crippen molar-refractivity contribution in [2.75, 3.05) is 13.1 Å². The number of aromatic nitrogens is 2. The molecule has 5 nitrogen and oxygen atoms in total. The van der Waals surface area contributed by atoms with Crippen molar-refractivity contribution in [2.45, 2.75) is 31.3 Å². The molecule has 2 aromatic carbocycles. The van der Waals surface area contributed by atoms with Crippen molar-refractivity contribution in [1.29, 1.82) is 0 Å². The van der Waals surface area contributed by atoms with Crippen LogP contribution in [0, 0.1) is 0 Å². The molecule has 0 spiro atoms. The summed E-state index contributed by atoms with van der Waals surface area (Å²) in [5, 5.41) is 11.0. The fourth-order valence-electron chi connectivity index (χ4n) is 3.93. The topological polar surface area (TPSA) is 59.0 Å². The molecular formula is C23H27ClN4O. The largest absolute Gasteiger partial charge is 0.347 e. The lowest BCUT2D eigenvalue weighted by Gasteiger charge is -2.37. The van der Waals surface area contributed by atoms with Gasteiger partial charge in [-0.15, -0.1) is 12.4 Å². The van der Waals surface area contributed by atoms with Gasteiger partial charge in [-0.3, -0.25) is 9.48 Å². The molecule has 1 aliphatic heterocycles. The summed E-state index contributed by atoms with van der Waals surface area (Å²) in [6.07, 6.45) is 5.10. The molecule has 2 N–H and O–H groups in total. The van der Waals surface area contributed by atoms with Crippen LogP contribution < -0.4 is 10.6 Å². The van der Waals surface area contributed by atoms with E-state index in [2.05, 4.69) is 52.1 Å². The molecule has 1 fully saturated rings. The zero-order valence-corrected chi connectivity index (χ0v) is 17.4. The first-order valence-corrected chi connectivity index (χ1v) is 9.86. The second-order valence-corrected chi connectivity index (χ2v) is 7.42. The lowest BCUT2D eigenvalue weighted by molar-refractivity contribution is -0.132. The Bertz CT molecular complexity index is 904. The van der Waals surface area contributed by atoms with Gasteiger partial charge in [0, 0.05) is 12.4 Å². The van der Waals surface area contributed by atoms with Gasteiger partial charge in [0.1, 0.15) is 5.54 Å². The van der Waals surface area contributed by atoms with Crippen molar-refractivity contribution in [3.63, 3.8) is 0 Å². The van der Waals surface area contributed by atoms with Crippen LogP contribution in [0.25, 0.3) is 11.1 Å². The van der Waals surface area contributed by atoms with E-state index >= 15 is 0 Å². The molecule has 2 heterocycles. The standard InChI is InChI=1S/C23H26N4O.ClH/c1-18(19-8-10-21(11-9-19)20-6-3-2-4-7-20)26-22(28)23(12-15-24-16-13-23)27-17-5-14-25-27;/h2-11,14,17-18,24H,12-13,15-16H2,1H3,(H,26,28);1H. The summed E-state index contributed by atoms with van der Waals surface area (Å²) < 4.78 is 1.83. The Morgan fingerprint density at radius 1 is 1.03 bits per heavy atom. The first-order valence-electron chi connectivity index (χ1n) is 9.86. The molecule has 29 heavy (non-hydrogen) atoms. The number of benzene rings is 2. The molecule has 0 saturated carbocycles. The molecule has 0 radical (unpaired) electrons. The van der Waals surface area contributed by atoms with Crippen molar-refractivity contribution in [2.24, 2.45) is 0 Å². The highest BCUT2D eigenvalue weighted by Gasteiger charge is 2.42. The first kappa shape index (κ1) is 21.1. The minimum absolute atomic E-state index is 0. The van der Waals surface area contributed by atoms with Crippen LogP contribution in [0.4, 0.5) is 0 Å². The van der Waals surface area contributed by atoms with Crippen LogP contribution in [0.3, 0.4) is 0 Å². The number of halogens is 1. The van der Waals surface area contributed by atoms with Crippen LogP contribution >= 0.6 is 12.4 Å². The number of hydrogen-bond donors (Lipinski definition) is 2. The van der Waals surface area contributed by atoms with Crippen molar-refractivity contribution in [3.05, 3.63) is 78.6 Å². The number of carbonyl (C=O) groups is 1. The molecule has 1 unspecified atom stereocenters. The summed E-state index contributed by atoms with van der Waals surface area (Å²) in [7, 11) is 0. The molecule has 1 aliphatic rings. The highest BCUT2D eigenvalue weighted by Crippen LogP contribution is 2.29. The summed E-state index contributed by atoms with van der Waals surface area (Å²) in [5.74, 6) is 0.0392. The average molecular weight is 411 g/mol. The molecule has 4 rings (SSSR count). The van der Waals surface area contributed by atoms with E-state index in [1.165, 1.54) is 11.1 Å². The van der Waals surface area contributed by atoms with E-state index in [1.807, 2.05) is 42.1 Å². The van der Waals surface area contributed by atoms with Gasteiger partial charge < -0.3 is 10.6 Å². The lowest BCUT2D eigenvalue weighted by atomic mass is 9.87. The smallest absolute Gasteiger partial charge is 0.248 e. The number of nitrogens with zero attached hydrogens (tertiary/aromatic N) is 2. The molecule has 0 aliphatic carbocycles. The van der Waals surface area contributed by atoms with Gasteiger partial charge in [0.25, 0.3) is 0 Å². The summed E-state index contributed by atoms with van der Waals surface area (Å²) in [6.45, 7) is 3.66. The highest BCUT2D eigenvalue weighted by atomic mass is 35.5. The zero-order chi connectivity index (χ0) is 19.4. The maximum Gasteiger partial charge on any atom is 0.248 e. The van der Waals surface area contributed by atoms with E-state index in [0.717, 1.165) is 31.5 Å². The summed E-state index contributed by atoms with van der Waals surface area (Å²) in [6, 6.07) is 20.5. The van der Waals surface area contributed by atoms with E-state index in [4.69, 9.17) is 0 Å². The molecular weight excluding hydrogens is 384 g/mol. The predicted octanol–water partition coefficient (Wildman–Crippen LogP) is 3.93. The minimum Gasteiger partial charge on any atom is -0.347 e. The maximum atomic E-state index is 13.3. The molecule has 3 aromatic rings. The summed E-state index contributed by atoms with van der Waals surface area (Å²) in [4.78, 5) is 13.3. The fourth-order valence-corrected chi connectivity index (χ4v) is 3.93. The summed E-state index contributed by atoms with van der Waals surface area (Å²) >= 11 is 0. The minimum atomic E-state index is -0.618. The van der Waals surface area contributed by atoms with Crippen LogP contribution in [-0.4, -0.2) is 28.8 Å². The number of carbonyl (C=O) groups excluding carboxylic acids is 1. The van der Waals surface area contributed by atoms with Crippen LogP contribution in [0.1, 0.15) is 31.4 Å². The maximum absolute atomic E-state index is 13.3. The normalized spacial score (nSPS) is 16.4. The van der Waals surface area contributed by atoms with Crippen LogP contribution in [0.15, 0.2) is 73.1 Å². The monoisotopic (exact) mass is 410 g/mol. The van der Waals surface area contributed by atoms with Crippen molar-refractivity contribution in [3.8, 4) is 11.1 Å². The number of rotatable bonds is 5. The van der Waals surface area contributed by atoms with E-state index in [0.29, 0.717) is 0 Å². The van der Waals surface area contributed by atoms with Gasteiger partial charge in [0.15, 0.2) is 0 Å². The molecule has 1 saturated heterocycles. The Morgan fingerprint density at radius 2 is 1.69 bits per heavy atom. The van der Waals surface area contributed by atoms with Gasteiger partial charge in [-0.25, -0.2) is 0 Å². The molecule has 0 bridgehead atoms. The van der Waals surface area contributed by atoms with Gasteiger partial charge in [-0.05, 0) is 55.6 Å². The van der Waals surface area contributed by atoms with Crippen molar-refractivity contribution >= 4 is 18.3 Å². The van der Waals surface area contributed by atoms with E-state index in [9.17, 15) is 4.79 Å². The zero-order valence-electron chi connectivity index (χ0n) is 16.5. The first-order chi connectivity index (χ1) is 13.7. The third-order valence-corrected chi connectivity index (χ3v) is 5.66. The fraction of sp³-hybridized carbons (Fsp3) is 0.304. The van der Waals surface area contributed by atoms with Gasteiger partial charge in [-0.1, -0.05) is 54.6 Å². The molecule has 1 atom stereocenters. The average Bonchev–Trinajstić information content (AvgIpc) is 3.30. The lowest BCUT2D eigenvalue weighted by Crippen LogP contribution is -2.55. The Morgan fingerprint density at radius 3 is 2.31 bits per heavy atom. The van der Waals surface area contributed by atoms with Gasteiger partial charge >= 0.3 is 0 Å². The second-order valence-electron chi connectivity index (χ2n) is 7.42. The Hall–Kier alpha value is -2.63. The van der Waals surface area contributed by atoms with Crippen LogP contribution in [-0.2, 0) is 10.3 Å². The second kappa shape index (κ2) is 9.25. The predicted molar refractivity (Wildman–Crippen MR) is 118 cm³/mol. The third-order valence-electron chi connectivity index (χ3n) is 5.66. The Labute approximate surface area is 177 Å².